The van der Waals surface area contributed by atoms with E-state index in [9.17, 15) is 4.79 Å². The molecule has 0 saturated carbocycles. The third-order valence-corrected chi connectivity index (χ3v) is 1.59. The Hall–Kier alpha value is -0.470. The smallest absolute Gasteiger partial charge is 0.255 e. The average Bonchev–Trinajstić information content (AvgIpc) is 2.33. The zero-order valence-corrected chi connectivity index (χ0v) is 6.45. The van der Waals surface area contributed by atoms with Gasteiger partial charge in [0.1, 0.15) is 6.26 Å². The molecule has 0 aliphatic carbocycles. The van der Waals surface area contributed by atoms with Crippen molar-refractivity contribution < 1.29 is 9.21 Å². The first-order valence-electron chi connectivity index (χ1n) is 2.56. The molecule has 4 heteroatoms. The highest BCUT2D eigenvalue weighted by Crippen LogP contribution is 2.14. The third-order valence-electron chi connectivity index (χ3n) is 1.10. The Balaban J connectivity index is 3.01. The second-order valence-corrected chi connectivity index (χ2v) is 2.33. The quantitative estimate of drug-likeness (QED) is 0.515. The minimum atomic E-state index is -0.538. The molecule has 0 N–H and O–H groups in total. The monoisotopic (exact) mass is 178 g/mol. The van der Waals surface area contributed by atoms with Crippen molar-refractivity contribution in [2.24, 2.45) is 0 Å². The molecule has 0 radical (unpaired) electrons. The molecule has 0 unspecified atom stereocenters. The molecular formula is C6H4Cl2O2. The summed E-state index contributed by atoms with van der Waals surface area (Å²) in [6.45, 7) is 0. The minimum Gasteiger partial charge on any atom is -0.471 e. The van der Waals surface area contributed by atoms with E-state index in [4.69, 9.17) is 27.6 Å². The van der Waals surface area contributed by atoms with Gasteiger partial charge in [-0.1, -0.05) is 0 Å². The summed E-state index contributed by atoms with van der Waals surface area (Å²) in [6, 6.07) is 0. The Bertz CT molecular complexity index is 242. The topological polar surface area (TPSA) is 30.2 Å². The van der Waals surface area contributed by atoms with Gasteiger partial charge in [-0.05, 0) is 11.6 Å². The maximum atomic E-state index is 10.5. The molecule has 1 aromatic heterocycles. The lowest BCUT2D eigenvalue weighted by Gasteiger charge is -1.87. The summed E-state index contributed by atoms with van der Waals surface area (Å²) >= 11 is 10.6. The Morgan fingerprint density at radius 1 is 1.60 bits per heavy atom. The van der Waals surface area contributed by atoms with Gasteiger partial charge in [0.25, 0.3) is 5.24 Å². The van der Waals surface area contributed by atoms with Gasteiger partial charge >= 0.3 is 0 Å². The summed E-state index contributed by atoms with van der Waals surface area (Å²) in [7, 11) is 0. The van der Waals surface area contributed by atoms with Gasteiger partial charge in [0.2, 0.25) is 0 Å². The molecule has 0 fully saturated rings. The Kier molecular flexibility index (Phi) is 2.35. The predicted octanol–water partition coefficient (Wildman–Crippen LogP) is 2.40. The largest absolute Gasteiger partial charge is 0.471 e. The summed E-state index contributed by atoms with van der Waals surface area (Å²) in [4.78, 5) is 10.5. The summed E-state index contributed by atoms with van der Waals surface area (Å²) < 4.78 is 4.71. The summed E-state index contributed by atoms with van der Waals surface area (Å²) in [5.74, 6) is 0.240. The Morgan fingerprint density at radius 2 is 2.30 bits per heavy atom. The van der Waals surface area contributed by atoms with Gasteiger partial charge in [0, 0.05) is 5.56 Å². The average molecular weight is 179 g/mol. The van der Waals surface area contributed by atoms with Crippen molar-refractivity contribution in [3.63, 3.8) is 0 Å². The second-order valence-electron chi connectivity index (χ2n) is 1.72. The van der Waals surface area contributed by atoms with E-state index in [1.165, 1.54) is 12.5 Å². The number of hydrogen-bond donors (Lipinski definition) is 0. The van der Waals surface area contributed by atoms with Crippen LogP contribution in [-0.4, -0.2) is 5.24 Å². The van der Waals surface area contributed by atoms with Gasteiger partial charge in [-0.3, -0.25) is 4.79 Å². The van der Waals surface area contributed by atoms with E-state index >= 15 is 0 Å². The number of rotatable bonds is 2. The molecule has 0 amide bonds. The fraction of sp³-hybridized carbons (Fsp3) is 0.167. The fourth-order valence-corrected chi connectivity index (χ4v) is 0.972. The van der Waals surface area contributed by atoms with Gasteiger partial charge in [0.15, 0.2) is 0 Å². The second kappa shape index (κ2) is 3.08. The van der Waals surface area contributed by atoms with E-state index in [0.29, 0.717) is 11.1 Å². The lowest BCUT2D eigenvalue weighted by Crippen LogP contribution is -1.89. The zero-order chi connectivity index (χ0) is 7.56. The van der Waals surface area contributed by atoms with Crippen LogP contribution in [0.15, 0.2) is 16.9 Å². The molecule has 2 nitrogen and oxygen atoms in total. The van der Waals surface area contributed by atoms with Gasteiger partial charge < -0.3 is 4.42 Å². The number of hydrogen-bond acceptors (Lipinski definition) is 2. The van der Waals surface area contributed by atoms with Gasteiger partial charge in [-0.2, -0.15) is 0 Å². The maximum absolute atomic E-state index is 10.5. The predicted molar refractivity (Wildman–Crippen MR) is 38.4 cm³/mol. The number of halogens is 2. The number of alkyl halides is 1. The van der Waals surface area contributed by atoms with Crippen molar-refractivity contribution in [3.8, 4) is 0 Å². The van der Waals surface area contributed by atoms with Crippen LogP contribution in [0.4, 0.5) is 0 Å². The zero-order valence-electron chi connectivity index (χ0n) is 4.93. The molecule has 10 heavy (non-hydrogen) atoms. The van der Waals surface area contributed by atoms with E-state index in [1.54, 1.807) is 0 Å². The molecule has 0 aliphatic heterocycles. The molecule has 0 bridgehead atoms. The Labute approximate surface area is 67.7 Å². The van der Waals surface area contributed by atoms with E-state index in [1.807, 2.05) is 0 Å². The van der Waals surface area contributed by atoms with Crippen LogP contribution in [-0.2, 0) is 5.88 Å². The van der Waals surface area contributed by atoms with E-state index < -0.39 is 5.24 Å². The first-order valence-corrected chi connectivity index (χ1v) is 3.48. The highest BCUT2D eigenvalue weighted by Gasteiger charge is 2.09. The van der Waals surface area contributed by atoms with Crippen LogP contribution in [0.1, 0.15) is 15.9 Å². The highest BCUT2D eigenvalue weighted by atomic mass is 35.5. The first-order chi connectivity index (χ1) is 4.75. The van der Waals surface area contributed by atoms with Crippen molar-refractivity contribution in [2.75, 3.05) is 0 Å². The van der Waals surface area contributed by atoms with Crippen LogP contribution in [0, 0.1) is 0 Å². The van der Waals surface area contributed by atoms with E-state index in [2.05, 4.69) is 0 Å². The van der Waals surface area contributed by atoms with E-state index in [0.717, 1.165) is 0 Å². The van der Waals surface area contributed by atoms with Crippen LogP contribution in [0.3, 0.4) is 0 Å². The van der Waals surface area contributed by atoms with Gasteiger partial charge in [-0.25, -0.2) is 0 Å². The van der Waals surface area contributed by atoms with Crippen molar-refractivity contribution >= 4 is 28.4 Å². The standard InChI is InChI=1S/C6H4Cl2O2/c7-1-4-2-10-3-5(4)6(8)9/h2-3H,1H2. The molecule has 0 saturated heterocycles. The maximum Gasteiger partial charge on any atom is 0.255 e. The van der Waals surface area contributed by atoms with Crippen LogP contribution >= 0.6 is 23.2 Å². The fourth-order valence-electron chi connectivity index (χ4n) is 0.599. The third kappa shape index (κ3) is 1.33. The normalized spacial score (nSPS) is 9.80. The molecule has 54 valence electrons. The minimum absolute atomic E-state index is 0.240. The van der Waals surface area contributed by atoms with Crippen LogP contribution < -0.4 is 0 Å². The Morgan fingerprint density at radius 3 is 2.70 bits per heavy atom. The lowest BCUT2D eigenvalue weighted by atomic mass is 10.2. The summed E-state index contributed by atoms with van der Waals surface area (Å²) in [5.41, 5.74) is 0.971. The lowest BCUT2D eigenvalue weighted by molar-refractivity contribution is 0.108. The van der Waals surface area contributed by atoms with Crippen molar-refractivity contribution in [3.05, 3.63) is 23.7 Å². The molecule has 0 atom stereocenters. The van der Waals surface area contributed by atoms with Gasteiger partial charge in [0.05, 0.1) is 17.7 Å². The SMILES string of the molecule is O=C(Cl)c1cocc1CCl. The number of carbonyl (C=O) groups is 1. The molecule has 0 aromatic carbocycles. The van der Waals surface area contributed by atoms with Crippen molar-refractivity contribution in [2.45, 2.75) is 5.88 Å². The summed E-state index contributed by atoms with van der Waals surface area (Å²) in [5, 5.41) is -0.538. The van der Waals surface area contributed by atoms with Crippen molar-refractivity contribution in [1.29, 1.82) is 0 Å². The molecule has 0 spiro atoms. The first kappa shape index (κ1) is 7.63. The van der Waals surface area contributed by atoms with Crippen LogP contribution in [0.25, 0.3) is 0 Å². The number of furan rings is 1. The van der Waals surface area contributed by atoms with Crippen LogP contribution in [0.2, 0.25) is 0 Å². The van der Waals surface area contributed by atoms with E-state index in [-0.39, 0.29) is 5.88 Å². The molecule has 1 aromatic rings. The van der Waals surface area contributed by atoms with Crippen LogP contribution in [0.5, 0.6) is 0 Å². The highest BCUT2D eigenvalue weighted by molar-refractivity contribution is 6.67. The molecule has 1 rings (SSSR count). The molecule has 1 heterocycles. The summed E-state index contributed by atoms with van der Waals surface area (Å²) in [6.07, 6.45) is 2.69. The number of carbonyl (C=O) groups excluding carboxylic acids is 1. The van der Waals surface area contributed by atoms with Crippen molar-refractivity contribution in [1.82, 2.24) is 0 Å². The molecule has 0 aliphatic rings. The molecular weight excluding hydrogens is 175 g/mol. The van der Waals surface area contributed by atoms with Gasteiger partial charge in [-0.15, -0.1) is 11.6 Å².